The lowest BCUT2D eigenvalue weighted by Crippen LogP contribution is -2.49. The average molecular weight is 545 g/mol. The van der Waals surface area contributed by atoms with Gasteiger partial charge < -0.3 is 15.2 Å². The molecule has 2 heterocycles. The zero-order valence-electron chi connectivity index (χ0n) is 21.8. The van der Waals surface area contributed by atoms with E-state index in [1.165, 1.54) is 30.5 Å². The SMILES string of the molecule is CC(C)N1CCN(CCOc2ccc(Nc3nccc(N(Cc4ccc(F)c(F)c4)C(=O)O)n3)cc2F)CC1. The maximum atomic E-state index is 14.7. The van der Waals surface area contributed by atoms with Crippen molar-refractivity contribution in [2.45, 2.75) is 26.4 Å². The molecule has 0 saturated carbocycles. The molecule has 1 amide bonds. The van der Waals surface area contributed by atoms with Gasteiger partial charge in [-0.25, -0.2) is 22.9 Å². The van der Waals surface area contributed by atoms with Crippen molar-refractivity contribution < 1.29 is 27.8 Å². The molecule has 3 aromatic rings. The molecule has 0 radical (unpaired) electrons. The second-order valence-corrected chi connectivity index (χ2v) is 9.45. The van der Waals surface area contributed by atoms with E-state index in [2.05, 4.69) is 38.9 Å². The molecule has 1 aliphatic rings. The third-order valence-electron chi connectivity index (χ3n) is 6.46. The van der Waals surface area contributed by atoms with Gasteiger partial charge in [-0.15, -0.1) is 0 Å². The first-order valence-electron chi connectivity index (χ1n) is 12.6. The molecule has 0 bridgehead atoms. The fourth-order valence-corrected chi connectivity index (χ4v) is 4.24. The van der Waals surface area contributed by atoms with E-state index in [9.17, 15) is 23.1 Å². The predicted molar refractivity (Wildman–Crippen MR) is 141 cm³/mol. The molecule has 0 spiro atoms. The Morgan fingerprint density at radius 3 is 2.49 bits per heavy atom. The summed E-state index contributed by atoms with van der Waals surface area (Å²) in [5, 5.41) is 12.5. The summed E-state index contributed by atoms with van der Waals surface area (Å²) in [5.74, 6) is -2.53. The molecule has 4 rings (SSSR count). The highest BCUT2D eigenvalue weighted by Crippen LogP contribution is 2.24. The van der Waals surface area contributed by atoms with Gasteiger partial charge in [-0.2, -0.15) is 4.98 Å². The van der Waals surface area contributed by atoms with Crippen molar-refractivity contribution in [1.82, 2.24) is 19.8 Å². The number of benzene rings is 2. The second-order valence-electron chi connectivity index (χ2n) is 9.45. The topological polar surface area (TPSA) is 94.1 Å². The molecule has 0 unspecified atom stereocenters. The zero-order valence-corrected chi connectivity index (χ0v) is 21.8. The Morgan fingerprint density at radius 1 is 1.05 bits per heavy atom. The van der Waals surface area contributed by atoms with Gasteiger partial charge in [0, 0.05) is 56.7 Å². The van der Waals surface area contributed by atoms with Crippen molar-refractivity contribution >= 4 is 23.5 Å². The molecule has 39 heavy (non-hydrogen) atoms. The van der Waals surface area contributed by atoms with Crippen molar-refractivity contribution in [3.63, 3.8) is 0 Å². The van der Waals surface area contributed by atoms with Gasteiger partial charge in [-0.05, 0) is 49.7 Å². The van der Waals surface area contributed by atoms with Crippen LogP contribution in [0.15, 0.2) is 48.7 Å². The van der Waals surface area contributed by atoms with E-state index in [1.807, 2.05) is 0 Å². The fourth-order valence-electron chi connectivity index (χ4n) is 4.24. The number of rotatable bonds is 10. The largest absolute Gasteiger partial charge is 0.489 e. The minimum Gasteiger partial charge on any atom is -0.489 e. The number of ether oxygens (including phenoxy) is 1. The van der Waals surface area contributed by atoms with Crippen LogP contribution >= 0.6 is 0 Å². The van der Waals surface area contributed by atoms with Gasteiger partial charge in [-0.1, -0.05) is 6.07 Å². The maximum absolute atomic E-state index is 14.7. The summed E-state index contributed by atoms with van der Waals surface area (Å²) >= 11 is 0. The number of piperazine rings is 1. The molecule has 1 aliphatic heterocycles. The quantitative estimate of drug-likeness (QED) is 0.379. The fraction of sp³-hybridized carbons (Fsp3) is 0.370. The van der Waals surface area contributed by atoms with Crippen molar-refractivity contribution in [3.05, 3.63) is 71.7 Å². The van der Waals surface area contributed by atoms with E-state index < -0.39 is 23.5 Å². The van der Waals surface area contributed by atoms with Crippen LogP contribution in [0.3, 0.4) is 0 Å². The number of anilines is 3. The average Bonchev–Trinajstić information content (AvgIpc) is 2.91. The minimum atomic E-state index is -1.35. The third kappa shape index (κ3) is 7.58. The summed E-state index contributed by atoms with van der Waals surface area (Å²) in [6.45, 7) is 9.08. The van der Waals surface area contributed by atoms with Crippen LogP contribution in [0, 0.1) is 17.5 Å². The van der Waals surface area contributed by atoms with Crippen LogP contribution in [-0.2, 0) is 6.54 Å². The number of nitrogens with one attached hydrogen (secondary N) is 1. The molecule has 0 atom stereocenters. The van der Waals surface area contributed by atoms with Gasteiger partial charge in [0.25, 0.3) is 0 Å². The van der Waals surface area contributed by atoms with Gasteiger partial charge >= 0.3 is 6.09 Å². The van der Waals surface area contributed by atoms with Gasteiger partial charge in [0.2, 0.25) is 5.95 Å². The monoisotopic (exact) mass is 544 g/mol. The number of hydrogen-bond acceptors (Lipinski definition) is 7. The number of aromatic nitrogens is 2. The Bertz CT molecular complexity index is 1290. The van der Waals surface area contributed by atoms with Crippen molar-refractivity contribution in [2.75, 3.05) is 49.5 Å². The first-order chi connectivity index (χ1) is 18.7. The van der Waals surface area contributed by atoms with Gasteiger partial charge in [0.15, 0.2) is 23.2 Å². The minimum absolute atomic E-state index is 0.000568. The number of hydrogen-bond donors (Lipinski definition) is 2. The number of nitrogens with zero attached hydrogens (tertiary/aromatic N) is 5. The van der Waals surface area contributed by atoms with Crippen molar-refractivity contribution in [3.8, 4) is 5.75 Å². The van der Waals surface area contributed by atoms with Crippen LogP contribution in [0.2, 0.25) is 0 Å². The van der Waals surface area contributed by atoms with Crippen molar-refractivity contribution in [1.29, 1.82) is 0 Å². The summed E-state index contributed by atoms with van der Waals surface area (Å²) in [6, 6.07) is 9.37. The van der Waals surface area contributed by atoms with E-state index in [0.29, 0.717) is 24.9 Å². The normalized spacial score (nSPS) is 14.4. The van der Waals surface area contributed by atoms with E-state index in [1.54, 1.807) is 6.07 Å². The highest BCUT2D eigenvalue weighted by atomic mass is 19.2. The summed E-state index contributed by atoms with van der Waals surface area (Å²) in [5.41, 5.74) is 0.573. The standard InChI is InChI=1S/C27H31F3N6O3/c1-18(2)35-11-9-34(10-12-35)13-14-39-24-6-4-20(16-23(24)30)32-26-31-8-7-25(33-26)36(27(37)38)17-19-3-5-21(28)22(29)15-19/h3-8,15-16,18H,9-14,17H2,1-2H3,(H,37,38)(H,31,32,33). The number of amides is 1. The highest BCUT2D eigenvalue weighted by Gasteiger charge is 2.20. The smallest absolute Gasteiger partial charge is 0.413 e. The Balaban J connectivity index is 1.35. The van der Waals surface area contributed by atoms with E-state index in [-0.39, 0.29) is 29.6 Å². The predicted octanol–water partition coefficient (Wildman–Crippen LogP) is 4.73. The molecular formula is C27H31F3N6O3. The van der Waals surface area contributed by atoms with Crippen LogP contribution in [0.1, 0.15) is 19.4 Å². The number of carboxylic acid groups (broad SMARTS) is 1. The summed E-state index contributed by atoms with van der Waals surface area (Å²) in [6.07, 6.45) is -0.0144. The van der Waals surface area contributed by atoms with Crippen molar-refractivity contribution in [2.24, 2.45) is 0 Å². The van der Waals surface area contributed by atoms with Crippen LogP contribution in [0.25, 0.3) is 0 Å². The Labute approximate surface area is 224 Å². The van der Waals surface area contributed by atoms with E-state index >= 15 is 0 Å². The molecule has 12 heteroatoms. The second kappa shape index (κ2) is 12.8. The summed E-state index contributed by atoms with van der Waals surface area (Å²) in [7, 11) is 0. The van der Waals surface area contributed by atoms with Crippen LogP contribution < -0.4 is 15.0 Å². The lowest BCUT2D eigenvalue weighted by molar-refractivity contribution is 0.0965. The highest BCUT2D eigenvalue weighted by molar-refractivity contribution is 5.84. The Kier molecular flexibility index (Phi) is 9.20. The van der Waals surface area contributed by atoms with Crippen LogP contribution in [-0.4, -0.2) is 76.3 Å². The molecule has 2 N–H and O–H groups in total. The van der Waals surface area contributed by atoms with Gasteiger partial charge in [-0.3, -0.25) is 14.7 Å². The molecule has 1 aromatic heterocycles. The number of halogens is 3. The summed E-state index contributed by atoms with van der Waals surface area (Å²) < 4.78 is 47.2. The molecule has 2 aromatic carbocycles. The maximum Gasteiger partial charge on any atom is 0.413 e. The molecular weight excluding hydrogens is 513 g/mol. The van der Waals surface area contributed by atoms with E-state index in [4.69, 9.17) is 4.74 Å². The lowest BCUT2D eigenvalue weighted by Gasteiger charge is -2.36. The van der Waals surface area contributed by atoms with E-state index in [0.717, 1.165) is 43.2 Å². The van der Waals surface area contributed by atoms with Gasteiger partial charge in [0.05, 0.1) is 6.54 Å². The third-order valence-corrected chi connectivity index (χ3v) is 6.46. The first kappa shape index (κ1) is 28.1. The Hall–Kier alpha value is -3.90. The molecule has 0 aliphatic carbocycles. The van der Waals surface area contributed by atoms with Crippen LogP contribution in [0.5, 0.6) is 5.75 Å². The Morgan fingerprint density at radius 2 is 1.82 bits per heavy atom. The van der Waals surface area contributed by atoms with Crippen LogP contribution in [0.4, 0.5) is 35.4 Å². The molecule has 208 valence electrons. The first-order valence-corrected chi connectivity index (χ1v) is 12.6. The van der Waals surface area contributed by atoms with Gasteiger partial charge in [0.1, 0.15) is 12.4 Å². The molecule has 9 nitrogen and oxygen atoms in total. The molecule has 1 fully saturated rings. The zero-order chi connectivity index (χ0) is 27.9. The summed E-state index contributed by atoms with van der Waals surface area (Å²) in [4.78, 5) is 25.7. The lowest BCUT2D eigenvalue weighted by atomic mass is 10.2. The molecule has 1 saturated heterocycles. The number of carbonyl (C=O) groups is 1.